The maximum atomic E-state index is 12.2. The molecule has 0 spiro atoms. The molecule has 4 rings (SSSR count). The van der Waals surface area contributed by atoms with E-state index in [2.05, 4.69) is 43.1 Å². The first-order valence-electron chi connectivity index (χ1n) is 11.6. The maximum Gasteiger partial charge on any atom is 0.302 e. The summed E-state index contributed by atoms with van der Waals surface area (Å²) in [6.45, 7) is 6.93. The summed E-state index contributed by atoms with van der Waals surface area (Å²) in [5, 5.41) is 19.9. The Morgan fingerprint density at radius 2 is 1.58 bits per heavy atom. The molecule has 0 unspecified atom stereocenters. The number of nitrogens with zero attached hydrogens (tertiary/aromatic N) is 3. The van der Waals surface area contributed by atoms with Gasteiger partial charge in [-0.05, 0) is 53.4 Å². The molecule has 36 heavy (non-hydrogen) atoms. The number of carbonyl (C=O) groups excluding carboxylic acids is 1. The fraction of sp³-hybridized carbons (Fsp3) is 0.250. The summed E-state index contributed by atoms with van der Waals surface area (Å²) in [6.07, 6.45) is 0. The van der Waals surface area contributed by atoms with Crippen LogP contribution in [0, 0.1) is 0 Å². The number of aromatic nitrogens is 1. The number of carbonyl (C=O) groups is 1. The Bertz CT molecular complexity index is 1370. The van der Waals surface area contributed by atoms with Gasteiger partial charge in [0.15, 0.2) is 12.3 Å². The van der Waals surface area contributed by atoms with Gasteiger partial charge >= 0.3 is 5.91 Å². The number of ether oxygens (including phenoxy) is 2. The molecule has 0 bridgehead atoms. The van der Waals surface area contributed by atoms with E-state index >= 15 is 0 Å². The third kappa shape index (κ3) is 6.04. The van der Waals surface area contributed by atoms with Crippen molar-refractivity contribution >= 4 is 34.1 Å². The molecule has 186 valence electrons. The van der Waals surface area contributed by atoms with E-state index in [4.69, 9.17) is 21.1 Å². The molecule has 0 aliphatic rings. The topological polar surface area (TPSA) is 85.4 Å². The molecule has 0 fully saturated rings. The zero-order chi connectivity index (χ0) is 25.7. The molecule has 7 nitrogen and oxygen atoms in total. The van der Waals surface area contributed by atoms with Gasteiger partial charge in [-0.1, -0.05) is 62.7 Å². The van der Waals surface area contributed by atoms with Gasteiger partial charge in [0.1, 0.15) is 18.1 Å². The number of para-hydroxylation sites is 1. The lowest BCUT2D eigenvalue weighted by atomic mass is 9.87. The van der Waals surface area contributed by atoms with E-state index < -0.39 is 5.91 Å². The van der Waals surface area contributed by atoms with E-state index in [0.29, 0.717) is 29.3 Å². The molecule has 0 saturated carbocycles. The first kappa shape index (κ1) is 25.3. The van der Waals surface area contributed by atoms with Crippen molar-refractivity contribution in [2.45, 2.75) is 32.7 Å². The van der Waals surface area contributed by atoms with Crippen LogP contribution in [0.1, 0.15) is 26.3 Å². The molecule has 1 N–H and O–H groups in total. The van der Waals surface area contributed by atoms with Crippen LogP contribution in [-0.2, 0) is 16.8 Å². The molecular formula is C28H28ClN3O4. The van der Waals surface area contributed by atoms with Crippen molar-refractivity contribution in [2.24, 2.45) is 10.2 Å². The fourth-order valence-corrected chi connectivity index (χ4v) is 3.84. The third-order valence-electron chi connectivity index (χ3n) is 5.66. The zero-order valence-electron chi connectivity index (χ0n) is 20.4. The second-order valence-corrected chi connectivity index (χ2v) is 9.74. The lowest BCUT2D eigenvalue weighted by Crippen LogP contribution is -2.11. The maximum absolute atomic E-state index is 12.2. The van der Waals surface area contributed by atoms with Gasteiger partial charge < -0.3 is 19.1 Å². The molecular weight excluding hydrogens is 478 g/mol. The van der Waals surface area contributed by atoms with Crippen molar-refractivity contribution < 1.29 is 19.4 Å². The lowest BCUT2D eigenvalue weighted by Gasteiger charge is -2.19. The number of halogens is 1. The van der Waals surface area contributed by atoms with E-state index in [1.807, 2.05) is 36.4 Å². The van der Waals surface area contributed by atoms with E-state index in [-0.39, 0.29) is 23.6 Å². The molecule has 1 aromatic heterocycles. The van der Waals surface area contributed by atoms with Crippen LogP contribution in [0.5, 0.6) is 17.4 Å². The minimum absolute atomic E-state index is 0.0721. The second-order valence-electron chi connectivity index (χ2n) is 9.30. The van der Waals surface area contributed by atoms with Gasteiger partial charge in [-0.25, -0.2) is 0 Å². The summed E-state index contributed by atoms with van der Waals surface area (Å²) in [5.74, 6) is 0.585. The molecule has 0 atom stereocenters. The molecule has 1 heterocycles. The number of azo groups is 1. The number of aromatic hydroxyl groups is 1. The molecule has 0 aliphatic carbocycles. The predicted octanol–water partition coefficient (Wildman–Crippen LogP) is 7.07. The average molecular weight is 506 g/mol. The van der Waals surface area contributed by atoms with E-state index in [1.165, 1.54) is 5.56 Å². The van der Waals surface area contributed by atoms with Gasteiger partial charge in [0.2, 0.25) is 5.88 Å². The number of amides is 1. The van der Waals surface area contributed by atoms with Crippen molar-refractivity contribution in [2.75, 3.05) is 13.2 Å². The van der Waals surface area contributed by atoms with Crippen LogP contribution >= 0.6 is 11.6 Å². The highest BCUT2D eigenvalue weighted by Gasteiger charge is 2.17. The Balaban J connectivity index is 1.43. The van der Waals surface area contributed by atoms with Crippen LogP contribution in [0.4, 0.5) is 5.69 Å². The Labute approximate surface area is 214 Å². The molecule has 1 amide bonds. The Morgan fingerprint density at radius 3 is 2.28 bits per heavy atom. The van der Waals surface area contributed by atoms with E-state index in [0.717, 1.165) is 11.3 Å². The van der Waals surface area contributed by atoms with Gasteiger partial charge in [0, 0.05) is 10.4 Å². The first-order chi connectivity index (χ1) is 17.2. The van der Waals surface area contributed by atoms with E-state index in [9.17, 15) is 9.90 Å². The molecule has 0 radical (unpaired) electrons. The van der Waals surface area contributed by atoms with Crippen LogP contribution in [0.3, 0.4) is 0 Å². The monoisotopic (exact) mass is 505 g/mol. The van der Waals surface area contributed by atoms with Crippen molar-refractivity contribution in [3.05, 3.63) is 83.4 Å². The van der Waals surface area contributed by atoms with E-state index in [1.54, 1.807) is 28.8 Å². The number of hydrogen-bond acceptors (Lipinski definition) is 5. The van der Waals surface area contributed by atoms with Gasteiger partial charge in [-0.2, -0.15) is 0 Å². The fourth-order valence-electron chi connectivity index (χ4n) is 3.71. The smallest absolute Gasteiger partial charge is 0.302 e. The number of hydrogen-bond donors (Lipinski definition) is 1. The van der Waals surface area contributed by atoms with Crippen LogP contribution < -0.4 is 9.47 Å². The summed E-state index contributed by atoms with van der Waals surface area (Å²) >= 11 is 5.85. The van der Waals surface area contributed by atoms with Crippen LogP contribution in [0.15, 0.2) is 83.0 Å². The standard InChI is InChI=1S/C28H28ClN3O4/c1-28(2,3)19-8-12-21(13-9-19)35-17-16-32-24-7-5-4-6-23(24)26(27(32)34)31-30-25(33)18-36-22-14-10-20(29)11-15-22/h4-15,34H,16-18H2,1-3H3. The van der Waals surface area contributed by atoms with Crippen molar-refractivity contribution in [3.8, 4) is 17.4 Å². The van der Waals surface area contributed by atoms with Gasteiger partial charge in [-0.3, -0.25) is 4.79 Å². The number of benzene rings is 3. The Morgan fingerprint density at radius 1 is 0.944 bits per heavy atom. The SMILES string of the molecule is CC(C)(C)c1ccc(OCCn2c(O)c(N=NC(=O)COc3ccc(Cl)cc3)c3ccccc32)cc1. The lowest BCUT2D eigenvalue weighted by molar-refractivity contribution is -0.120. The number of rotatable bonds is 8. The van der Waals surface area contributed by atoms with Crippen LogP contribution in [0.2, 0.25) is 5.02 Å². The van der Waals surface area contributed by atoms with Crippen molar-refractivity contribution in [1.82, 2.24) is 4.57 Å². The highest BCUT2D eigenvalue weighted by atomic mass is 35.5. The van der Waals surface area contributed by atoms with Crippen LogP contribution in [-0.4, -0.2) is 28.8 Å². The molecule has 0 saturated heterocycles. The zero-order valence-corrected chi connectivity index (χ0v) is 21.2. The van der Waals surface area contributed by atoms with Crippen molar-refractivity contribution in [3.63, 3.8) is 0 Å². The second kappa shape index (κ2) is 10.8. The largest absolute Gasteiger partial charge is 0.493 e. The first-order valence-corrected chi connectivity index (χ1v) is 12.0. The minimum Gasteiger partial charge on any atom is -0.493 e. The highest BCUT2D eigenvalue weighted by molar-refractivity contribution is 6.30. The predicted molar refractivity (Wildman–Crippen MR) is 141 cm³/mol. The summed E-state index contributed by atoms with van der Waals surface area (Å²) < 4.78 is 13.0. The third-order valence-corrected chi connectivity index (χ3v) is 5.91. The highest BCUT2D eigenvalue weighted by Crippen LogP contribution is 2.38. The normalized spacial score (nSPS) is 11.8. The average Bonchev–Trinajstić information content (AvgIpc) is 3.13. The molecule has 3 aromatic carbocycles. The van der Waals surface area contributed by atoms with Gasteiger partial charge in [0.05, 0.1) is 12.1 Å². The summed E-state index contributed by atoms with van der Waals surface area (Å²) in [6, 6.07) is 22.1. The Hall–Kier alpha value is -3.84. The number of fused-ring (bicyclic) bond motifs is 1. The van der Waals surface area contributed by atoms with Gasteiger partial charge in [-0.15, -0.1) is 10.2 Å². The molecule has 4 aromatic rings. The Kier molecular flexibility index (Phi) is 7.60. The quantitative estimate of drug-likeness (QED) is 0.259. The molecule has 8 heteroatoms. The summed E-state index contributed by atoms with van der Waals surface area (Å²) in [4.78, 5) is 12.2. The summed E-state index contributed by atoms with van der Waals surface area (Å²) in [5.41, 5.74) is 2.29. The summed E-state index contributed by atoms with van der Waals surface area (Å²) in [7, 11) is 0. The van der Waals surface area contributed by atoms with Crippen LogP contribution in [0.25, 0.3) is 10.9 Å². The van der Waals surface area contributed by atoms with Gasteiger partial charge in [0.25, 0.3) is 0 Å². The molecule has 0 aliphatic heterocycles. The minimum atomic E-state index is -0.580. The van der Waals surface area contributed by atoms with Crippen molar-refractivity contribution in [1.29, 1.82) is 0 Å².